The number of aryl methyl sites for hydroxylation is 1. The fraction of sp³-hybridized carbons (Fsp3) is 0.176. The van der Waals surface area contributed by atoms with Gasteiger partial charge >= 0.3 is 0 Å². The zero-order valence-electron chi connectivity index (χ0n) is 13.9. The minimum absolute atomic E-state index is 0.136. The van der Waals surface area contributed by atoms with Gasteiger partial charge in [-0.2, -0.15) is 0 Å². The van der Waals surface area contributed by atoms with Crippen LogP contribution in [0.2, 0.25) is 0 Å². The Labute approximate surface area is 153 Å². The van der Waals surface area contributed by atoms with Crippen LogP contribution in [0.15, 0.2) is 51.9 Å². The third-order valence-corrected chi connectivity index (χ3v) is 4.16. The fourth-order valence-electron chi connectivity index (χ4n) is 2.15. The molecule has 134 valence electrons. The molecule has 1 aromatic carbocycles. The number of oxazole rings is 1. The number of nitrogens with one attached hydrogen (secondary N) is 2. The summed E-state index contributed by atoms with van der Waals surface area (Å²) in [5.74, 6) is 1.44. The Hall–Kier alpha value is -3.07. The van der Waals surface area contributed by atoms with Crippen LogP contribution in [0.4, 0.5) is 11.5 Å². The molecule has 2 heterocycles. The maximum Gasteiger partial charge on any atom is 0.235 e. The first-order chi connectivity index (χ1) is 12.6. The predicted octanol–water partition coefficient (Wildman–Crippen LogP) is 2.95. The van der Waals surface area contributed by atoms with Gasteiger partial charge in [0, 0.05) is 17.3 Å². The first-order valence-electron chi connectivity index (χ1n) is 7.70. The fourth-order valence-corrected chi connectivity index (χ4v) is 2.76. The zero-order chi connectivity index (χ0) is 18.4. The zero-order valence-corrected chi connectivity index (χ0v) is 14.7. The lowest BCUT2D eigenvalue weighted by molar-refractivity contribution is -0.114. The highest BCUT2D eigenvalue weighted by Crippen LogP contribution is 2.22. The van der Waals surface area contributed by atoms with Gasteiger partial charge in [0.05, 0.1) is 17.7 Å². The standard InChI is InChI=1S/C17H16N4O4S/c1-11-5-15(21-25-11)20-17(23)9-26-8-16(22)19-13-4-2-3-12(6-13)14-7-18-10-24-14/h2-7,10H,8-9H2,1H3,(H,19,22)(H,20,21,23). The molecule has 0 aliphatic heterocycles. The highest BCUT2D eigenvalue weighted by molar-refractivity contribution is 8.00. The van der Waals surface area contributed by atoms with E-state index in [1.807, 2.05) is 12.1 Å². The number of carbonyl (C=O) groups excluding carboxylic acids is 2. The van der Waals surface area contributed by atoms with Crippen LogP contribution in [0.1, 0.15) is 5.76 Å². The third kappa shape index (κ3) is 4.96. The lowest BCUT2D eigenvalue weighted by Crippen LogP contribution is -2.18. The second kappa shape index (κ2) is 8.34. The molecule has 0 atom stereocenters. The van der Waals surface area contributed by atoms with Gasteiger partial charge in [-0.15, -0.1) is 11.8 Å². The lowest BCUT2D eigenvalue weighted by Gasteiger charge is -2.06. The summed E-state index contributed by atoms with van der Waals surface area (Å²) in [5, 5.41) is 9.06. The summed E-state index contributed by atoms with van der Waals surface area (Å²) in [7, 11) is 0. The normalized spacial score (nSPS) is 10.5. The molecule has 0 fully saturated rings. The minimum atomic E-state index is -0.247. The van der Waals surface area contributed by atoms with Crippen molar-refractivity contribution in [3.05, 3.63) is 48.7 Å². The van der Waals surface area contributed by atoms with Crippen molar-refractivity contribution in [3.63, 3.8) is 0 Å². The van der Waals surface area contributed by atoms with Crippen molar-refractivity contribution >= 4 is 35.1 Å². The van der Waals surface area contributed by atoms with Crippen LogP contribution in [-0.4, -0.2) is 33.5 Å². The number of nitrogens with zero attached hydrogens (tertiary/aromatic N) is 2. The number of amides is 2. The number of rotatable bonds is 7. The van der Waals surface area contributed by atoms with Crippen LogP contribution in [0.25, 0.3) is 11.3 Å². The van der Waals surface area contributed by atoms with Crippen LogP contribution in [0.5, 0.6) is 0 Å². The molecule has 0 bridgehead atoms. The highest BCUT2D eigenvalue weighted by Gasteiger charge is 2.09. The molecule has 3 rings (SSSR count). The predicted molar refractivity (Wildman–Crippen MR) is 97.8 cm³/mol. The molecule has 0 aliphatic carbocycles. The number of hydrogen-bond donors (Lipinski definition) is 2. The molecule has 0 spiro atoms. The molecule has 0 saturated heterocycles. The van der Waals surface area contributed by atoms with Crippen molar-refractivity contribution in [3.8, 4) is 11.3 Å². The second-order valence-corrected chi connectivity index (χ2v) is 6.34. The molecule has 2 N–H and O–H groups in total. The Morgan fingerprint density at radius 2 is 1.96 bits per heavy atom. The van der Waals surface area contributed by atoms with Crippen molar-refractivity contribution in [2.24, 2.45) is 0 Å². The van der Waals surface area contributed by atoms with E-state index < -0.39 is 0 Å². The molecule has 0 aliphatic rings. The average Bonchev–Trinajstić information content (AvgIpc) is 3.27. The van der Waals surface area contributed by atoms with Gasteiger partial charge in [-0.25, -0.2) is 4.98 Å². The Morgan fingerprint density at radius 3 is 2.65 bits per heavy atom. The van der Waals surface area contributed by atoms with Crippen molar-refractivity contribution < 1.29 is 18.5 Å². The van der Waals surface area contributed by atoms with Crippen LogP contribution < -0.4 is 10.6 Å². The van der Waals surface area contributed by atoms with E-state index >= 15 is 0 Å². The van der Waals surface area contributed by atoms with Crippen molar-refractivity contribution in [1.29, 1.82) is 0 Å². The van der Waals surface area contributed by atoms with Gasteiger partial charge in [-0.3, -0.25) is 9.59 Å². The van der Waals surface area contributed by atoms with E-state index in [4.69, 9.17) is 8.94 Å². The molecule has 0 saturated carbocycles. The third-order valence-electron chi connectivity index (χ3n) is 3.22. The van der Waals surface area contributed by atoms with E-state index in [1.54, 1.807) is 31.3 Å². The van der Waals surface area contributed by atoms with Gasteiger partial charge in [0.15, 0.2) is 18.0 Å². The second-order valence-electron chi connectivity index (χ2n) is 5.36. The van der Waals surface area contributed by atoms with Crippen molar-refractivity contribution in [2.45, 2.75) is 6.92 Å². The molecule has 2 amide bonds. The largest absolute Gasteiger partial charge is 0.444 e. The number of hydrogen-bond acceptors (Lipinski definition) is 7. The average molecular weight is 372 g/mol. The summed E-state index contributed by atoms with van der Waals surface area (Å²) in [6.07, 6.45) is 2.95. The summed E-state index contributed by atoms with van der Waals surface area (Å²) < 4.78 is 10.1. The van der Waals surface area contributed by atoms with Crippen LogP contribution in [0.3, 0.4) is 0 Å². The molecule has 0 radical (unpaired) electrons. The number of benzene rings is 1. The molecule has 0 unspecified atom stereocenters. The molecule has 2 aromatic heterocycles. The van der Waals surface area contributed by atoms with Crippen LogP contribution >= 0.6 is 11.8 Å². The van der Waals surface area contributed by atoms with E-state index in [-0.39, 0.29) is 23.3 Å². The highest BCUT2D eigenvalue weighted by atomic mass is 32.2. The van der Waals surface area contributed by atoms with Gasteiger partial charge in [-0.05, 0) is 19.1 Å². The summed E-state index contributed by atoms with van der Waals surface area (Å²) in [6, 6.07) is 8.87. The molecule has 8 nitrogen and oxygen atoms in total. The first-order valence-corrected chi connectivity index (χ1v) is 8.85. The van der Waals surface area contributed by atoms with Gasteiger partial charge in [0.25, 0.3) is 0 Å². The van der Waals surface area contributed by atoms with E-state index in [2.05, 4.69) is 20.8 Å². The van der Waals surface area contributed by atoms with Gasteiger partial charge in [0.1, 0.15) is 5.76 Å². The van der Waals surface area contributed by atoms with E-state index in [0.29, 0.717) is 23.0 Å². The number of thioether (sulfide) groups is 1. The summed E-state index contributed by atoms with van der Waals surface area (Å²) in [6.45, 7) is 1.74. The Morgan fingerprint density at radius 1 is 1.15 bits per heavy atom. The first kappa shape index (κ1) is 17.7. The SMILES string of the molecule is Cc1cc(NC(=O)CSCC(=O)Nc2cccc(-c3cnco3)c2)no1. The van der Waals surface area contributed by atoms with Crippen molar-refractivity contribution in [1.82, 2.24) is 10.1 Å². The maximum absolute atomic E-state index is 12.0. The molecule has 26 heavy (non-hydrogen) atoms. The van der Waals surface area contributed by atoms with E-state index in [9.17, 15) is 9.59 Å². The smallest absolute Gasteiger partial charge is 0.235 e. The van der Waals surface area contributed by atoms with E-state index in [0.717, 1.165) is 5.56 Å². The molecule has 9 heteroatoms. The maximum atomic E-state index is 12.0. The summed E-state index contributed by atoms with van der Waals surface area (Å²) >= 11 is 1.21. The molecular weight excluding hydrogens is 356 g/mol. The van der Waals surface area contributed by atoms with Gasteiger partial charge < -0.3 is 19.6 Å². The van der Waals surface area contributed by atoms with Gasteiger partial charge in [-0.1, -0.05) is 17.3 Å². The van der Waals surface area contributed by atoms with Crippen LogP contribution in [0, 0.1) is 6.92 Å². The minimum Gasteiger partial charge on any atom is -0.444 e. The van der Waals surface area contributed by atoms with Crippen LogP contribution in [-0.2, 0) is 9.59 Å². The molecule has 3 aromatic rings. The number of anilines is 2. The Bertz CT molecular complexity index is 892. The van der Waals surface area contributed by atoms with Crippen molar-refractivity contribution in [2.75, 3.05) is 22.1 Å². The summed E-state index contributed by atoms with van der Waals surface area (Å²) in [5.41, 5.74) is 1.46. The Balaban J connectivity index is 1.44. The number of carbonyl (C=O) groups is 2. The molecular formula is C17H16N4O4S. The van der Waals surface area contributed by atoms with Gasteiger partial charge in [0.2, 0.25) is 11.8 Å². The lowest BCUT2D eigenvalue weighted by atomic mass is 10.1. The topological polar surface area (TPSA) is 110 Å². The Kier molecular flexibility index (Phi) is 5.69. The summed E-state index contributed by atoms with van der Waals surface area (Å²) in [4.78, 5) is 27.7. The van der Waals surface area contributed by atoms with E-state index in [1.165, 1.54) is 18.2 Å². The monoisotopic (exact) mass is 372 g/mol. The quantitative estimate of drug-likeness (QED) is 0.656. The number of aromatic nitrogens is 2.